The average molecular weight is 556 g/mol. The van der Waals surface area contributed by atoms with E-state index in [1.165, 1.54) is 16.7 Å². The quantitative estimate of drug-likeness (QED) is 0.153. The standard InChI is InChI=1S/C40H27B3O/c1-3-25-17-22-30-33(37(42)38(43)35(41)4-2)24-40(34(30)23-25,27-11-6-5-7-12-27)28-20-18-26(19-21-28)29-14-10-15-32-31-13-8-9-16-36(31)44-39(29)32/h2,5-23H,3,24H2,1H3/b37-33-,38-35-. The molecule has 0 aliphatic heterocycles. The number of para-hydroxylation sites is 2. The number of terminal acetylenes is 1. The van der Waals surface area contributed by atoms with Crippen molar-refractivity contribution in [3.05, 3.63) is 159 Å². The van der Waals surface area contributed by atoms with Crippen LogP contribution in [-0.2, 0) is 11.8 Å². The first-order valence-corrected chi connectivity index (χ1v) is 14.9. The predicted molar refractivity (Wildman–Crippen MR) is 186 cm³/mol. The Balaban J connectivity index is 1.45. The minimum atomic E-state index is -0.503. The molecule has 44 heavy (non-hydrogen) atoms. The van der Waals surface area contributed by atoms with E-state index in [0.29, 0.717) is 11.9 Å². The van der Waals surface area contributed by atoms with Gasteiger partial charge in [0, 0.05) is 21.8 Å². The topological polar surface area (TPSA) is 13.1 Å². The summed E-state index contributed by atoms with van der Waals surface area (Å²) in [5, 5.41) is 2.23. The number of furan rings is 1. The van der Waals surface area contributed by atoms with Crippen LogP contribution in [0.5, 0.6) is 0 Å². The Bertz CT molecular complexity index is 2160. The van der Waals surface area contributed by atoms with E-state index in [-0.39, 0.29) is 10.9 Å². The summed E-state index contributed by atoms with van der Waals surface area (Å²) in [6.07, 6.45) is 7.13. The fourth-order valence-electron chi connectivity index (χ4n) is 6.82. The van der Waals surface area contributed by atoms with Crippen LogP contribution in [0.25, 0.3) is 38.6 Å². The largest absolute Gasteiger partial charge is 0.455 e. The van der Waals surface area contributed by atoms with Gasteiger partial charge < -0.3 is 4.42 Å². The molecule has 1 atom stereocenters. The molecule has 1 unspecified atom stereocenters. The molecule has 7 rings (SSSR count). The third-order valence-electron chi connectivity index (χ3n) is 9.14. The molecule has 6 radical (unpaired) electrons. The minimum absolute atomic E-state index is 0.142. The van der Waals surface area contributed by atoms with Gasteiger partial charge in [-0.1, -0.05) is 133 Å². The van der Waals surface area contributed by atoms with Crippen molar-refractivity contribution >= 4 is 51.1 Å². The molecule has 0 fully saturated rings. The zero-order valence-electron chi connectivity index (χ0n) is 24.6. The Hall–Kier alpha value is -4.87. The molecule has 202 valence electrons. The minimum Gasteiger partial charge on any atom is -0.455 e. The Labute approximate surface area is 262 Å². The van der Waals surface area contributed by atoms with Crippen LogP contribution < -0.4 is 0 Å². The molecule has 1 aliphatic rings. The maximum Gasteiger partial charge on any atom is 0.143 e. The molecule has 0 saturated heterocycles. The number of fused-ring (bicyclic) bond motifs is 4. The lowest BCUT2D eigenvalue weighted by molar-refractivity contribution is 0.660. The van der Waals surface area contributed by atoms with Gasteiger partial charge in [-0.25, -0.2) is 0 Å². The molecule has 0 saturated carbocycles. The summed E-state index contributed by atoms with van der Waals surface area (Å²) in [5.74, 6) is 2.45. The summed E-state index contributed by atoms with van der Waals surface area (Å²) in [5.41, 5.74) is 11.0. The van der Waals surface area contributed by atoms with Crippen molar-refractivity contribution in [2.24, 2.45) is 0 Å². The van der Waals surface area contributed by atoms with Gasteiger partial charge in [-0.15, -0.1) is 11.9 Å². The molecule has 1 aliphatic carbocycles. The maximum absolute atomic E-state index is 6.76. The van der Waals surface area contributed by atoms with Crippen molar-refractivity contribution in [2.45, 2.75) is 25.2 Å². The Morgan fingerprint density at radius 2 is 1.48 bits per heavy atom. The number of rotatable bonds is 5. The van der Waals surface area contributed by atoms with E-state index in [1.807, 2.05) is 24.3 Å². The lowest BCUT2D eigenvalue weighted by Gasteiger charge is -2.32. The van der Waals surface area contributed by atoms with Crippen LogP contribution in [0.1, 0.15) is 41.2 Å². The van der Waals surface area contributed by atoms with Gasteiger partial charge in [0.1, 0.15) is 34.7 Å². The van der Waals surface area contributed by atoms with E-state index >= 15 is 0 Å². The highest BCUT2D eigenvalue weighted by molar-refractivity contribution is 6.43. The molecule has 5 aromatic carbocycles. The number of allylic oxidation sites excluding steroid dienone is 4. The molecule has 0 amide bonds. The van der Waals surface area contributed by atoms with Crippen LogP contribution in [0.15, 0.2) is 136 Å². The smallest absolute Gasteiger partial charge is 0.143 e. The number of benzene rings is 5. The van der Waals surface area contributed by atoms with Gasteiger partial charge in [-0.05, 0) is 57.9 Å². The zero-order chi connectivity index (χ0) is 30.4. The highest BCUT2D eigenvalue weighted by atomic mass is 16.3. The van der Waals surface area contributed by atoms with E-state index < -0.39 is 5.41 Å². The van der Waals surface area contributed by atoms with Gasteiger partial charge in [0.25, 0.3) is 0 Å². The number of aryl methyl sites for hydroxylation is 1. The zero-order valence-corrected chi connectivity index (χ0v) is 24.6. The van der Waals surface area contributed by atoms with E-state index in [4.69, 9.17) is 34.4 Å². The lowest BCUT2D eigenvalue weighted by Crippen LogP contribution is -2.26. The van der Waals surface area contributed by atoms with Gasteiger partial charge in [0.15, 0.2) is 0 Å². The molecule has 0 N–H and O–H groups in total. The molecular formula is C40H27B3O. The highest BCUT2D eigenvalue weighted by Gasteiger charge is 2.44. The third kappa shape index (κ3) is 4.30. The summed E-state index contributed by atoms with van der Waals surface area (Å²) in [6, 6.07) is 40.6. The molecule has 0 bridgehead atoms. The Morgan fingerprint density at radius 1 is 0.773 bits per heavy atom. The maximum atomic E-state index is 6.76. The van der Waals surface area contributed by atoms with Crippen molar-refractivity contribution in [1.82, 2.24) is 0 Å². The Morgan fingerprint density at radius 3 is 2.23 bits per heavy atom. The fraction of sp³-hybridized carbons (Fsp3) is 0.100. The van der Waals surface area contributed by atoms with Crippen molar-refractivity contribution in [1.29, 1.82) is 0 Å². The van der Waals surface area contributed by atoms with E-state index in [1.54, 1.807) is 0 Å². The fourth-order valence-corrected chi connectivity index (χ4v) is 6.82. The first-order valence-electron chi connectivity index (χ1n) is 14.9. The van der Waals surface area contributed by atoms with Crippen LogP contribution in [0.4, 0.5) is 0 Å². The summed E-state index contributed by atoms with van der Waals surface area (Å²) in [4.78, 5) is 0. The lowest BCUT2D eigenvalue weighted by atomic mass is 9.66. The van der Waals surface area contributed by atoms with Crippen molar-refractivity contribution < 1.29 is 4.42 Å². The average Bonchev–Trinajstić information content (AvgIpc) is 3.64. The number of hydrogen-bond donors (Lipinski definition) is 0. The molecule has 6 aromatic rings. The second kappa shape index (κ2) is 11.0. The summed E-state index contributed by atoms with van der Waals surface area (Å²) >= 11 is 0. The third-order valence-corrected chi connectivity index (χ3v) is 9.14. The van der Waals surface area contributed by atoms with Gasteiger partial charge in [-0.2, -0.15) is 0 Å². The SMILES string of the molecule is [B]/C(C#C)=C([B])/C([B])=C1\CC(c2ccccc2)(c2ccc(-c3cccc4c3oc3ccccc34)cc2)c2cc(CC)ccc21. The summed E-state index contributed by atoms with van der Waals surface area (Å²) in [7, 11) is 19.2. The molecule has 0 spiro atoms. The second-order valence-electron chi connectivity index (χ2n) is 11.4. The first kappa shape index (κ1) is 27.9. The van der Waals surface area contributed by atoms with Crippen LogP contribution in [0, 0.1) is 12.3 Å². The molecule has 1 heterocycles. The Kier molecular flexibility index (Phi) is 6.99. The van der Waals surface area contributed by atoms with Crippen molar-refractivity contribution in [3.63, 3.8) is 0 Å². The summed E-state index contributed by atoms with van der Waals surface area (Å²) < 4.78 is 6.36. The second-order valence-corrected chi connectivity index (χ2v) is 11.4. The van der Waals surface area contributed by atoms with Gasteiger partial charge in [0.05, 0.1) is 0 Å². The van der Waals surface area contributed by atoms with Crippen LogP contribution in [-0.4, -0.2) is 23.5 Å². The van der Waals surface area contributed by atoms with E-state index in [2.05, 4.69) is 104 Å². The molecule has 4 heteroatoms. The van der Waals surface area contributed by atoms with E-state index in [0.717, 1.165) is 56.2 Å². The normalized spacial score (nSPS) is 17.7. The number of hydrogen-bond acceptors (Lipinski definition) is 1. The van der Waals surface area contributed by atoms with Crippen LogP contribution in [0.3, 0.4) is 0 Å². The van der Waals surface area contributed by atoms with Crippen LogP contribution >= 0.6 is 0 Å². The predicted octanol–water partition coefficient (Wildman–Crippen LogP) is 8.61. The first-order chi connectivity index (χ1) is 21.5. The van der Waals surface area contributed by atoms with E-state index in [9.17, 15) is 0 Å². The summed E-state index contributed by atoms with van der Waals surface area (Å²) in [6.45, 7) is 2.17. The van der Waals surface area contributed by atoms with Gasteiger partial charge in [-0.3, -0.25) is 0 Å². The molecule has 1 nitrogen and oxygen atoms in total. The van der Waals surface area contributed by atoms with Crippen molar-refractivity contribution in [3.8, 4) is 23.5 Å². The monoisotopic (exact) mass is 556 g/mol. The molecular weight excluding hydrogens is 529 g/mol. The van der Waals surface area contributed by atoms with Gasteiger partial charge in [0.2, 0.25) is 0 Å². The molecule has 1 aromatic heterocycles. The van der Waals surface area contributed by atoms with Crippen molar-refractivity contribution in [2.75, 3.05) is 0 Å². The highest BCUT2D eigenvalue weighted by Crippen LogP contribution is 2.55. The van der Waals surface area contributed by atoms with Crippen LogP contribution in [0.2, 0.25) is 0 Å². The van der Waals surface area contributed by atoms with Gasteiger partial charge >= 0.3 is 0 Å².